The van der Waals surface area contributed by atoms with E-state index in [1.807, 2.05) is 12.3 Å². The van der Waals surface area contributed by atoms with Gasteiger partial charge in [-0.1, -0.05) is 0 Å². The Morgan fingerprint density at radius 2 is 2.40 bits per heavy atom. The molecule has 2 heteroatoms. The Morgan fingerprint density at radius 3 is 2.90 bits per heavy atom. The monoisotopic (exact) mass is 136 g/mol. The van der Waals surface area contributed by atoms with Gasteiger partial charge in [-0.15, -0.1) is 0 Å². The van der Waals surface area contributed by atoms with E-state index in [1.165, 1.54) is 12.1 Å². The highest BCUT2D eigenvalue weighted by atomic mass is 15.0. The highest BCUT2D eigenvalue weighted by Gasteiger charge is 2.25. The molecule has 1 aromatic rings. The Hall–Kier alpha value is -0.760. The van der Waals surface area contributed by atoms with Crippen molar-refractivity contribution in [2.24, 2.45) is 0 Å². The Labute approximate surface area is 60.6 Å². The van der Waals surface area contributed by atoms with E-state index in [-0.39, 0.29) is 0 Å². The summed E-state index contributed by atoms with van der Waals surface area (Å²) in [6.07, 6.45) is 3.24. The predicted octanol–water partition coefficient (Wildman–Crippen LogP) is 1.44. The summed E-state index contributed by atoms with van der Waals surface area (Å²) in [6.45, 7) is 2.21. The van der Waals surface area contributed by atoms with Gasteiger partial charge in [-0.2, -0.15) is 0 Å². The Kier molecular flexibility index (Phi) is 1.27. The fourth-order valence-electron chi connectivity index (χ4n) is 1.45. The van der Waals surface area contributed by atoms with Crippen LogP contribution in [0.3, 0.4) is 0 Å². The molecule has 1 saturated heterocycles. The lowest BCUT2D eigenvalue weighted by Gasteiger charge is -2.34. The van der Waals surface area contributed by atoms with Crippen LogP contribution in [0.25, 0.3) is 0 Å². The van der Waals surface area contributed by atoms with Crippen molar-refractivity contribution in [1.29, 1.82) is 0 Å². The van der Waals surface area contributed by atoms with Crippen molar-refractivity contribution >= 4 is 0 Å². The van der Waals surface area contributed by atoms with Crippen LogP contribution in [0.1, 0.15) is 25.1 Å². The van der Waals surface area contributed by atoms with Crippen LogP contribution in [0.5, 0.6) is 0 Å². The van der Waals surface area contributed by atoms with Crippen molar-refractivity contribution in [2.45, 2.75) is 25.4 Å². The standard InChI is InChI=1S/C8H12N2/c1-6-5-8(10-6)7-3-2-4-9-7/h2-4,6,8-10H,5H2,1H3. The van der Waals surface area contributed by atoms with Crippen LogP contribution in [0.4, 0.5) is 0 Å². The topological polar surface area (TPSA) is 27.8 Å². The summed E-state index contributed by atoms with van der Waals surface area (Å²) in [7, 11) is 0. The van der Waals surface area contributed by atoms with Gasteiger partial charge < -0.3 is 10.3 Å². The average molecular weight is 136 g/mol. The molecule has 1 aromatic heterocycles. The van der Waals surface area contributed by atoms with Gasteiger partial charge in [0, 0.05) is 24.0 Å². The van der Waals surface area contributed by atoms with Crippen LogP contribution in [-0.2, 0) is 0 Å². The van der Waals surface area contributed by atoms with Crippen molar-refractivity contribution in [3.05, 3.63) is 24.0 Å². The van der Waals surface area contributed by atoms with Crippen LogP contribution in [0.2, 0.25) is 0 Å². The van der Waals surface area contributed by atoms with Crippen LogP contribution in [0, 0.1) is 0 Å². The van der Waals surface area contributed by atoms with E-state index in [1.54, 1.807) is 0 Å². The number of rotatable bonds is 1. The predicted molar refractivity (Wildman–Crippen MR) is 40.7 cm³/mol. The first-order valence-corrected chi connectivity index (χ1v) is 3.75. The molecule has 0 saturated carbocycles. The molecule has 1 aliphatic rings. The maximum Gasteiger partial charge on any atom is 0.0489 e. The second-order valence-corrected chi connectivity index (χ2v) is 2.98. The first-order valence-electron chi connectivity index (χ1n) is 3.75. The van der Waals surface area contributed by atoms with Gasteiger partial charge in [0.2, 0.25) is 0 Å². The van der Waals surface area contributed by atoms with Gasteiger partial charge in [-0.3, -0.25) is 0 Å². The minimum absolute atomic E-state index is 0.588. The molecular weight excluding hydrogens is 124 g/mol. The molecule has 2 rings (SSSR count). The molecule has 2 N–H and O–H groups in total. The van der Waals surface area contributed by atoms with Gasteiger partial charge in [0.15, 0.2) is 0 Å². The molecule has 0 amide bonds. The number of hydrogen-bond donors (Lipinski definition) is 2. The maximum absolute atomic E-state index is 3.41. The van der Waals surface area contributed by atoms with Gasteiger partial charge in [0.05, 0.1) is 0 Å². The van der Waals surface area contributed by atoms with E-state index < -0.39 is 0 Å². The van der Waals surface area contributed by atoms with Crippen LogP contribution in [-0.4, -0.2) is 11.0 Å². The number of H-pyrrole nitrogens is 1. The quantitative estimate of drug-likeness (QED) is 0.600. The number of aromatic amines is 1. The van der Waals surface area contributed by atoms with Gasteiger partial charge >= 0.3 is 0 Å². The molecule has 0 radical (unpaired) electrons. The fourth-order valence-corrected chi connectivity index (χ4v) is 1.45. The van der Waals surface area contributed by atoms with Gasteiger partial charge in [0.1, 0.15) is 0 Å². The normalized spacial score (nSPS) is 31.7. The largest absolute Gasteiger partial charge is 0.364 e. The highest BCUT2D eigenvalue weighted by Crippen LogP contribution is 2.25. The van der Waals surface area contributed by atoms with Crippen LogP contribution in [0.15, 0.2) is 18.3 Å². The molecule has 2 nitrogen and oxygen atoms in total. The maximum atomic E-state index is 3.41. The van der Waals surface area contributed by atoms with Crippen LogP contribution < -0.4 is 5.32 Å². The zero-order valence-corrected chi connectivity index (χ0v) is 6.09. The molecule has 2 heterocycles. The van der Waals surface area contributed by atoms with E-state index in [4.69, 9.17) is 0 Å². The molecule has 1 fully saturated rings. The molecule has 0 spiro atoms. The second-order valence-electron chi connectivity index (χ2n) is 2.98. The van der Waals surface area contributed by atoms with E-state index >= 15 is 0 Å². The summed E-state index contributed by atoms with van der Waals surface area (Å²) >= 11 is 0. The summed E-state index contributed by atoms with van der Waals surface area (Å²) in [4.78, 5) is 3.20. The fraction of sp³-hybridized carbons (Fsp3) is 0.500. The molecule has 1 aliphatic heterocycles. The van der Waals surface area contributed by atoms with Crippen molar-refractivity contribution in [1.82, 2.24) is 10.3 Å². The second kappa shape index (κ2) is 2.13. The number of aromatic nitrogens is 1. The Morgan fingerprint density at radius 1 is 1.60 bits per heavy atom. The van der Waals surface area contributed by atoms with Crippen molar-refractivity contribution in [3.8, 4) is 0 Å². The summed E-state index contributed by atoms with van der Waals surface area (Å²) in [5.41, 5.74) is 1.32. The summed E-state index contributed by atoms with van der Waals surface area (Å²) in [5, 5.41) is 3.41. The van der Waals surface area contributed by atoms with Crippen LogP contribution >= 0.6 is 0 Å². The number of hydrogen-bond acceptors (Lipinski definition) is 1. The number of nitrogens with one attached hydrogen (secondary N) is 2. The van der Waals surface area contributed by atoms with Crippen molar-refractivity contribution < 1.29 is 0 Å². The molecular formula is C8H12N2. The zero-order valence-electron chi connectivity index (χ0n) is 6.09. The first kappa shape index (κ1) is 5.98. The molecule has 0 aromatic carbocycles. The lowest BCUT2D eigenvalue weighted by molar-refractivity contribution is 0.283. The van der Waals surface area contributed by atoms with Crippen molar-refractivity contribution in [2.75, 3.05) is 0 Å². The summed E-state index contributed by atoms with van der Waals surface area (Å²) < 4.78 is 0. The summed E-state index contributed by atoms with van der Waals surface area (Å²) in [6, 6.07) is 5.46. The average Bonchev–Trinajstić information content (AvgIpc) is 2.31. The lowest BCUT2D eigenvalue weighted by Crippen LogP contribution is -2.43. The summed E-state index contributed by atoms with van der Waals surface area (Å²) in [5.74, 6) is 0. The van der Waals surface area contributed by atoms with Gasteiger partial charge in [-0.25, -0.2) is 0 Å². The molecule has 2 atom stereocenters. The third kappa shape index (κ3) is 0.847. The smallest absolute Gasteiger partial charge is 0.0489 e. The SMILES string of the molecule is CC1CC(c2ccc[nH]2)N1. The van der Waals surface area contributed by atoms with E-state index in [0.717, 1.165) is 0 Å². The van der Waals surface area contributed by atoms with Gasteiger partial charge in [-0.05, 0) is 25.5 Å². The lowest BCUT2D eigenvalue weighted by atomic mass is 9.96. The molecule has 0 bridgehead atoms. The minimum atomic E-state index is 0.588. The Bertz CT molecular complexity index is 197. The van der Waals surface area contributed by atoms with Crippen molar-refractivity contribution in [3.63, 3.8) is 0 Å². The minimum Gasteiger partial charge on any atom is -0.364 e. The molecule has 0 aliphatic carbocycles. The first-order chi connectivity index (χ1) is 4.86. The zero-order chi connectivity index (χ0) is 6.97. The Balaban J connectivity index is 2.04. The molecule has 2 unspecified atom stereocenters. The molecule has 10 heavy (non-hydrogen) atoms. The third-order valence-electron chi connectivity index (χ3n) is 2.07. The highest BCUT2D eigenvalue weighted by molar-refractivity contribution is 5.12. The van der Waals surface area contributed by atoms with E-state index in [0.29, 0.717) is 12.1 Å². The molecule has 54 valence electrons. The van der Waals surface area contributed by atoms with Gasteiger partial charge in [0.25, 0.3) is 0 Å². The van der Waals surface area contributed by atoms with E-state index in [9.17, 15) is 0 Å². The van der Waals surface area contributed by atoms with E-state index in [2.05, 4.69) is 23.3 Å². The third-order valence-corrected chi connectivity index (χ3v) is 2.07.